The van der Waals surface area contributed by atoms with E-state index in [1.807, 2.05) is 0 Å². The van der Waals surface area contributed by atoms with Crippen LogP contribution in [0.25, 0.3) is 0 Å². The van der Waals surface area contributed by atoms with Crippen LogP contribution in [0.5, 0.6) is 0 Å². The molecule has 0 aromatic carbocycles. The van der Waals surface area contributed by atoms with Crippen molar-refractivity contribution in [3.8, 4) is 0 Å². The zero-order valence-corrected chi connectivity index (χ0v) is 14.4. The van der Waals surface area contributed by atoms with Crippen molar-refractivity contribution in [2.75, 3.05) is 33.2 Å². The summed E-state index contributed by atoms with van der Waals surface area (Å²) >= 11 is 0. The number of piperidine rings is 2. The molecule has 3 fully saturated rings. The highest BCUT2D eigenvalue weighted by molar-refractivity contribution is 4.96. The summed E-state index contributed by atoms with van der Waals surface area (Å²) in [4.78, 5) is 5.53. The molecule has 0 spiro atoms. The van der Waals surface area contributed by atoms with Crippen molar-refractivity contribution in [1.82, 2.24) is 15.1 Å². The van der Waals surface area contributed by atoms with E-state index in [0.717, 1.165) is 30.0 Å². The van der Waals surface area contributed by atoms with Gasteiger partial charge >= 0.3 is 0 Å². The second kappa shape index (κ2) is 6.97. The van der Waals surface area contributed by atoms with Crippen LogP contribution in [-0.4, -0.2) is 61.2 Å². The van der Waals surface area contributed by atoms with Gasteiger partial charge in [0.2, 0.25) is 0 Å². The number of nitrogens with one attached hydrogen (secondary N) is 1. The maximum Gasteiger partial charge on any atom is 0.0125 e. The SMILES string of the molecule is CC(C)CNCC1CCN(C2CC3CCCC(C2)N3C)C1. The standard InChI is InChI=1S/C18H35N3/c1-14(2)11-19-12-15-7-8-21(13-15)18-9-16-5-4-6-17(10-18)20(16)3/h14-19H,4-13H2,1-3H3. The minimum absolute atomic E-state index is 0.774. The van der Waals surface area contributed by atoms with Crippen molar-refractivity contribution in [1.29, 1.82) is 0 Å². The third-order valence-electron chi connectivity index (χ3n) is 6.13. The summed E-state index contributed by atoms with van der Waals surface area (Å²) in [7, 11) is 2.37. The molecule has 0 aromatic rings. The first-order valence-corrected chi connectivity index (χ1v) is 9.30. The highest BCUT2D eigenvalue weighted by Crippen LogP contribution is 2.36. The summed E-state index contributed by atoms with van der Waals surface area (Å²) < 4.78 is 0. The Labute approximate surface area is 131 Å². The summed E-state index contributed by atoms with van der Waals surface area (Å²) in [5.41, 5.74) is 0. The minimum Gasteiger partial charge on any atom is -0.316 e. The molecule has 3 heterocycles. The van der Waals surface area contributed by atoms with Crippen LogP contribution in [0.4, 0.5) is 0 Å². The van der Waals surface area contributed by atoms with Gasteiger partial charge in [0.25, 0.3) is 0 Å². The molecule has 0 radical (unpaired) electrons. The Balaban J connectivity index is 1.46. The van der Waals surface area contributed by atoms with E-state index in [9.17, 15) is 0 Å². The Morgan fingerprint density at radius 2 is 1.76 bits per heavy atom. The Bertz CT molecular complexity index is 316. The number of fused-ring (bicyclic) bond motifs is 2. The summed E-state index contributed by atoms with van der Waals surface area (Å²) in [5, 5.41) is 3.66. The fourth-order valence-corrected chi connectivity index (χ4v) is 4.82. The molecule has 3 saturated heterocycles. The highest BCUT2D eigenvalue weighted by atomic mass is 15.2. The van der Waals surface area contributed by atoms with E-state index in [1.165, 1.54) is 64.7 Å². The molecule has 3 unspecified atom stereocenters. The molecule has 122 valence electrons. The van der Waals surface area contributed by atoms with E-state index in [4.69, 9.17) is 0 Å². The van der Waals surface area contributed by atoms with E-state index in [1.54, 1.807) is 0 Å². The quantitative estimate of drug-likeness (QED) is 0.840. The molecule has 2 bridgehead atoms. The van der Waals surface area contributed by atoms with Gasteiger partial charge < -0.3 is 10.2 Å². The zero-order chi connectivity index (χ0) is 14.8. The minimum atomic E-state index is 0.774. The lowest BCUT2D eigenvalue weighted by atomic mass is 9.82. The fraction of sp³-hybridized carbons (Fsp3) is 1.00. The second-order valence-electron chi connectivity index (χ2n) is 8.23. The van der Waals surface area contributed by atoms with Gasteiger partial charge in [-0.25, -0.2) is 0 Å². The van der Waals surface area contributed by atoms with Crippen LogP contribution >= 0.6 is 0 Å². The van der Waals surface area contributed by atoms with Crippen molar-refractivity contribution >= 4 is 0 Å². The predicted octanol–water partition coefficient (Wildman–Crippen LogP) is 2.57. The number of hydrogen-bond acceptors (Lipinski definition) is 3. The van der Waals surface area contributed by atoms with Gasteiger partial charge in [0.1, 0.15) is 0 Å². The summed E-state index contributed by atoms with van der Waals surface area (Å²) in [6.45, 7) is 9.69. The maximum absolute atomic E-state index is 3.66. The van der Waals surface area contributed by atoms with Gasteiger partial charge in [-0.1, -0.05) is 20.3 Å². The summed E-state index contributed by atoms with van der Waals surface area (Å²) in [6.07, 6.45) is 8.62. The van der Waals surface area contributed by atoms with Gasteiger partial charge in [-0.2, -0.15) is 0 Å². The third kappa shape index (κ3) is 3.80. The molecule has 0 amide bonds. The van der Waals surface area contributed by atoms with Crippen molar-refractivity contribution in [3.05, 3.63) is 0 Å². The van der Waals surface area contributed by atoms with E-state index < -0.39 is 0 Å². The van der Waals surface area contributed by atoms with Gasteiger partial charge in [0.05, 0.1) is 0 Å². The summed E-state index contributed by atoms with van der Waals surface area (Å²) in [5.74, 6) is 1.67. The smallest absolute Gasteiger partial charge is 0.0125 e. The monoisotopic (exact) mass is 293 g/mol. The molecule has 0 aromatic heterocycles. The van der Waals surface area contributed by atoms with Crippen LogP contribution in [0.15, 0.2) is 0 Å². The molecular weight excluding hydrogens is 258 g/mol. The Morgan fingerprint density at radius 3 is 2.43 bits per heavy atom. The molecular formula is C18H35N3. The van der Waals surface area contributed by atoms with Crippen molar-refractivity contribution in [3.63, 3.8) is 0 Å². The molecule has 0 saturated carbocycles. The maximum atomic E-state index is 3.66. The van der Waals surface area contributed by atoms with Crippen molar-refractivity contribution in [2.24, 2.45) is 11.8 Å². The van der Waals surface area contributed by atoms with E-state index in [2.05, 4.69) is 36.0 Å². The largest absolute Gasteiger partial charge is 0.316 e. The van der Waals surface area contributed by atoms with Gasteiger partial charge in [-0.05, 0) is 70.6 Å². The van der Waals surface area contributed by atoms with E-state index in [-0.39, 0.29) is 0 Å². The van der Waals surface area contributed by atoms with Crippen molar-refractivity contribution in [2.45, 2.75) is 70.5 Å². The van der Waals surface area contributed by atoms with Gasteiger partial charge in [-0.15, -0.1) is 0 Å². The van der Waals surface area contributed by atoms with Gasteiger partial charge in [-0.3, -0.25) is 4.90 Å². The normalized spacial score (nSPS) is 38.3. The topological polar surface area (TPSA) is 18.5 Å². The number of likely N-dealkylation sites (tertiary alicyclic amines) is 1. The lowest BCUT2D eigenvalue weighted by Crippen LogP contribution is -2.55. The molecule has 3 atom stereocenters. The number of hydrogen-bond donors (Lipinski definition) is 1. The first-order chi connectivity index (χ1) is 10.1. The fourth-order valence-electron chi connectivity index (χ4n) is 4.82. The Kier molecular flexibility index (Phi) is 5.23. The lowest BCUT2D eigenvalue weighted by Gasteiger charge is -2.49. The first kappa shape index (κ1) is 15.8. The lowest BCUT2D eigenvalue weighted by molar-refractivity contribution is 0.0149. The molecule has 3 aliphatic rings. The first-order valence-electron chi connectivity index (χ1n) is 9.30. The van der Waals surface area contributed by atoms with Gasteiger partial charge in [0.15, 0.2) is 0 Å². The Hall–Kier alpha value is -0.120. The molecule has 3 nitrogen and oxygen atoms in total. The second-order valence-corrected chi connectivity index (χ2v) is 8.23. The molecule has 0 aliphatic carbocycles. The third-order valence-corrected chi connectivity index (χ3v) is 6.13. The van der Waals surface area contributed by atoms with Crippen LogP contribution in [0.1, 0.15) is 52.4 Å². The predicted molar refractivity (Wildman–Crippen MR) is 89.6 cm³/mol. The van der Waals surface area contributed by atoms with Crippen molar-refractivity contribution < 1.29 is 0 Å². The average molecular weight is 293 g/mol. The molecule has 3 aliphatic heterocycles. The van der Waals surface area contributed by atoms with Gasteiger partial charge in [0, 0.05) is 24.7 Å². The van der Waals surface area contributed by atoms with Crippen LogP contribution in [0.3, 0.4) is 0 Å². The number of nitrogens with zero attached hydrogens (tertiary/aromatic N) is 2. The van der Waals surface area contributed by atoms with E-state index >= 15 is 0 Å². The molecule has 3 rings (SSSR count). The van der Waals surface area contributed by atoms with Crippen LogP contribution < -0.4 is 5.32 Å². The number of rotatable bonds is 5. The summed E-state index contributed by atoms with van der Waals surface area (Å²) in [6, 6.07) is 2.63. The van der Waals surface area contributed by atoms with Crippen LogP contribution in [0.2, 0.25) is 0 Å². The average Bonchev–Trinajstić information content (AvgIpc) is 2.86. The van der Waals surface area contributed by atoms with Crippen LogP contribution in [0, 0.1) is 11.8 Å². The van der Waals surface area contributed by atoms with Crippen LogP contribution in [-0.2, 0) is 0 Å². The zero-order valence-electron chi connectivity index (χ0n) is 14.4. The molecule has 3 heteroatoms. The molecule has 1 N–H and O–H groups in total. The molecule has 21 heavy (non-hydrogen) atoms. The highest BCUT2D eigenvalue weighted by Gasteiger charge is 2.39. The van der Waals surface area contributed by atoms with E-state index in [0.29, 0.717) is 0 Å². The Morgan fingerprint density at radius 1 is 1.05 bits per heavy atom.